The van der Waals surface area contributed by atoms with Gasteiger partial charge in [0, 0.05) is 6.54 Å². The molecule has 0 bridgehead atoms. The number of esters is 1. The molecule has 0 aromatic heterocycles. The topological polar surface area (TPSA) is 116 Å². The Labute approximate surface area is 145 Å². The van der Waals surface area contributed by atoms with Crippen LogP contribution >= 0.6 is 0 Å². The van der Waals surface area contributed by atoms with Crippen molar-refractivity contribution >= 4 is 21.9 Å². The standard InChI is InChI=1S/C17H18N2O5S/c18-25(22,23)15-8-6-13(7-9-15)10-11-19-16(20)12-24-17(21)14-4-2-1-3-5-14/h1-9H,10-12H2,(H,19,20)(H2,18,22,23). The second-order valence-corrected chi connectivity index (χ2v) is 6.79. The van der Waals surface area contributed by atoms with Crippen LogP contribution < -0.4 is 10.5 Å². The summed E-state index contributed by atoms with van der Waals surface area (Å²) in [6.45, 7) is -0.0332. The number of carbonyl (C=O) groups is 2. The number of primary sulfonamides is 1. The number of amides is 1. The third kappa shape index (κ3) is 6.02. The molecule has 0 aliphatic heterocycles. The van der Waals surface area contributed by atoms with Crippen LogP contribution in [-0.2, 0) is 26.0 Å². The van der Waals surface area contributed by atoms with Crippen molar-refractivity contribution < 1.29 is 22.7 Å². The van der Waals surface area contributed by atoms with Gasteiger partial charge in [0.05, 0.1) is 10.5 Å². The quantitative estimate of drug-likeness (QED) is 0.709. The fourth-order valence-electron chi connectivity index (χ4n) is 2.03. The summed E-state index contributed by atoms with van der Waals surface area (Å²) in [5.41, 5.74) is 1.22. The number of benzene rings is 2. The molecular weight excluding hydrogens is 344 g/mol. The average molecular weight is 362 g/mol. The first-order valence-electron chi connectivity index (χ1n) is 7.47. The summed E-state index contributed by atoms with van der Waals surface area (Å²) >= 11 is 0. The van der Waals surface area contributed by atoms with Crippen LogP contribution in [0.1, 0.15) is 15.9 Å². The molecule has 3 N–H and O–H groups in total. The molecule has 25 heavy (non-hydrogen) atoms. The van der Waals surface area contributed by atoms with Crippen LogP contribution in [0.15, 0.2) is 59.5 Å². The van der Waals surface area contributed by atoms with Gasteiger partial charge in [0.15, 0.2) is 6.61 Å². The van der Waals surface area contributed by atoms with E-state index in [9.17, 15) is 18.0 Å². The van der Waals surface area contributed by atoms with Crippen molar-refractivity contribution in [3.05, 3.63) is 65.7 Å². The first kappa shape index (κ1) is 18.6. The third-order valence-electron chi connectivity index (χ3n) is 3.33. The van der Waals surface area contributed by atoms with E-state index < -0.39 is 21.9 Å². The first-order valence-corrected chi connectivity index (χ1v) is 9.01. The zero-order chi connectivity index (χ0) is 18.3. The number of sulfonamides is 1. The van der Waals surface area contributed by atoms with E-state index in [1.165, 1.54) is 12.1 Å². The molecule has 0 spiro atoms. The monoisotopic (exact) mass is 362 g/mol. The number of hydrogen-bond donors (Lipinski definition) is 2. The maximum absolute atomic E-state index is 11.7. The van der Waals surface area contributed by atoms with Gasteiger partial charge in [-0.25, -0.2) is 18.4 Å². The zero-order valence-corrected chi connectivity index (χ0v) is 14.2. The summed E-state index contributed by atoms with van der Waals surface area (Å²) in [4.78, 5) is 23.4. The number of carbonyl (C=O) groups excluding carboxylic acids is 2. The fourth-order valence-corrected chi connectivity index (χ4v) is 2.55. The molecule has 2 aromatic rings. The van der Waals surface area contributed by atoms with E-state index in [0.717, 1.165) is 5.56 Å². The molecule has 0 saturated carbocycles. The van der Waals surface area contributed by atoms with Gasteiger partial charge in [-0.1, -0.05) is 30.3 Å². The number of hydrogen-bond acceptors (Lipinski definition) is 5. The first-order chi connectivity index (χ1) is 11.9. The van der Waals surface area contributed by atoms with Crippen LogP contribution in [0, 0.1) is 0 Å². The number of ether oxygens (including phenoxy) is 1. The van der Waals surface area contributed by atoms with Crippen molar-refractivity contribution in [2.45, 2.75) is 11.3 Å². The molecule has 1 amide bonds. The van der Waals surface area contributed by atoms with Gasteiger partial charge in [0.25, 0.3) is 5.91 Å². The van der Waals surface area contributed by atoms with Gasteiger partial charge in [0.2, 0.25) is 10.0 Å². The predicted octanol–water partition coefficient (Wildman–Crippen LogP) is 0.850. The summed E-state index contributed by atoms with van der Waals surface area (Å²) in [6.07, 6.45) is 0.503. The minimum atomic E-state index is -3.71. The van der Waals surface area contributed by atoms with Crippen molar-refractivity contribution in [2.75, 3.05) is 13.2 Å². The minimum Gasteiger partial charge on any atom is -0.452 e. The van der Waals surface area contributed by atoms with E-state index >= 15 is 0 Å². The Morgan fingerprint density at radius 2 is 1.64 bits per heavy atom. The SMILES string of the molecule is NS(=O)(=O)c1ccc(CCNC(=O)COC(=O)c2ccccc2)cc1. The molecule has 8 heteroatoms. The van der Waals surface area contributed by atoms with Gasteiger partial charge in [-0.15, -0.1) is 0 Å². The van der Waals surface area contributed by atoms with Gasteiger partial charge < -0.3 is 10.1 Å². The second-order valence-electron chi connectivity index (χ2n) is 5.23. The van der Waals surface area contributed by atoms with Crippen molar-refractivity contribution in [3.63, 3.8) is 0 Å². The largest absolute Gasteiger partial charge is 0.452 e. The highest BCUT2D eigenvalue weighted by Gasteiger charge is 2.10. The number of nitrogens with one attached hydrogen (secondary N) is 1. The lowest BCUT2D eigenvalue weighted by atomic mass is 10.1. The normalized spacial score (nSPS) is 10.9. The Balaban J connectivity index is 1.73. The average Bonchev–Trinajstić information content (AvgIpc) is 2.60. The van der Waals surface area contributed by atoms with E-state index in [4.69, 9.17) is 9.88 Å². The molecule has 0 aliphatic rings. The van der Waals surface area contributed by atoms with E-state index in [-0.39, 0.29) is 11.5 Å². The Kier molecular flexibility index (Phi) is 6.26. The van der Waals surface area contributed by atoms with Crippen LogP contribution in [0.5, 0.6) is 0 Å². The van der Waals surface area contributed by atoms with E-state index in [1.54, 1.807) is 42.5 Å². The molecule has 0 aliphatic carbocycles. The van der Waals surface area contributed by atoms with E-state index in [1.807, 2.05) is 0 Å². The molecule has 0 unspecified atom stereocenters. The van der Waals surface area contributed by atoms with Gasteiger partial charge >= 0.3 is 5.97 Å². The summed E-state index contributed by atoms with van der Waals surface area (Å²) in [6, 6.07) is 14.5. The third-order valence-corrected chi connectivity index (χ3v) is 4.26. The van der Waals surface area contributed by atoms with E-state index in [0.29, 0.717) is 18.5 Å². The van der Waals surface area contributed by atoms with Crippen LogP contribution in [0.2, 0.25) is 0 Å². The highest BCUT2D eigenvalue weighted by Crippen LogP contribution is 2.08. The molecule has 0 fully saturated rings. The summed E-state index contributed by atoms with van der Waals surface area (Å²) in [5.74, 6) is -0.972. The van der Waals surface area contributed by atoms with Crippen molar-refractivity contribution in [2.24, 2.45) is 5.14 Å². The van der Waals surface area contributed by atoms with Gasteiger partial charge in [-0.3, -0.25) is 4.79 Å². The lowest BCUT2D eigenvalue weighted by molar-refractivity contribution is -0.124. The van der Waals surface area contributed by atoms with E-state index in [2.05, 4.69) is 5.32 Å². The maximum Gasteiger partial charge on any atom is 0.338 e. The predicted molar refractivity (Wildman–Crippen MR) is 91.3 cm³/mol. The molecule has 0 saturated heterocycles. The van der Waals surface area contributed by atoms with Gasteiger partial charge in [0.1, 0.15) is 0 Å². The smallest absolute Gasteiger partial charge is 0.338 e. The zero-order valence-electron chi connectivity index (χ0n) is 13.3. The Morgan fingerprint density at radius 3 is 2.24 bits per heavy atom. The molecule has 132 valence electrons. The molecule has 0 atom stereocenters. The van der Waals surface area contributed by atoms with Gasteiger partial charge in [-0.2, -0.15) is 0 Å². The minimum absolute atomic E-state index is 0.0353. The Hall–Kier alpha value is -2.71. The van der Waals surface area contributed by atoms with Crippen LogP contribution in [0.25, 0.3) is 0 Å². The van der Waals surface area contributed by atoms with Crippen molar-refractivity contribution in [1.29, 1.82) is 0 Å². The van der Waals surface area contributed by atoms with Crippen molar-refractivity contribution in [3.8, 4) is 0 Å². The van der Waals surface area contributed by atoms with Crippen LogP contribution in [-0.4, -0.2) is 33.4 Å². The highest BCUT2D eigenvalue weighted by molar-refractivity contribution is 7.89. The summed E-state index contributed by atoms with van der Waals surface area (Å²) in [5, 5.41) is 7.64. The van der Waals surface area contributed by atoms with Crippen LogP contribution in [0.3, 0.4) is 0 Å². The fraction of sp³-hybridized carbons (Fsp3) is 0.176. The highest BCUT2D eigenvalue weighted by atomic mass is 32.2. The lowest BCUT2D eigenvalue weighted by Gasteiger charge is -2.07. The molecule has 0 radical (unpaired) electrons. The number of nitrogens with two attached hydrogens (primary N) is 1. The van der Waals surface area contributed by atoms with Gasteiger partial charge in [-0.05, 0) is 36.2 Å². The Bertz CT molecular complexity index is 833. The number of rotatable bonds is 7. The van der Waals surface area contributed by atoms with Crippen molar-refractivity contribution in [1.82, 2.24) is 5.32 Å². The maximum atomic E-state index is 11.7. The molecule has 0 heterocycles. The molecule has 2 rings (SSSR count). The Morgan fingerprint density at radius 1 is 1.00 bits per heavy atom. The summed E-state index contributed by atoms with van der Waals surface area (Å²) < 4.78 is 27.2. The molecular formula is C17H18N2O5S. The second kappa shape index (κ2) is 8.41. The lowest BCUT2D eigenvalue weighted by Crippen LogP contribution is -2.30. The molecule has 2 aromatic carbocycles. The summed E-state index contributed by atoms with van der Waals surface area (Å²) in [7, 11) is -3.71. The van der Waals surface area contributed by atoms with Crippen LogP contribution in [0.4, 0.5) is 0 Å². The molecule has 7 nitrogen and oxygen atoms in total.